The van der Waals surface area contributed by atoms with Crippen LogP contribution in [0.25, 0.3) is 0 Å². The van der Waals surface area contributed by atoms with E-state index in [0.29, 0.717) is 0 Å². The minimum atomic E-state index is -0.398. The van der Waals surface area contributed by atoms with Gasteiger partial charge in [0.25, 0.3) is 0 Å². The van der Waals surface area contributed by atoms with E-state index in [0.717, 1.165) is 30.6 Å². The van der Waals surface area contributed by atoms with Crippen molar-refractivity contribution in [3.05, 3.63) is 27.8 Å². The van der Waals surface area contributed by atoms with Crippen LogP contribution in [0.2, 0.25) is 0 Å². The fourth-order valence-electron chi connectivity index (χ4n) is 1.43. The van der Waals surface area contributed by atoms with Crippen molar-refractivity contribution in [3.63, 3.8) is 0 Å². The summed E-state index contributed by atoms with van der Waals surface area (Å²) in [6.07, 6.45) is 2.94. The maximum absolute atomic E-state index is 10.9. The molecule has 0 bridgehead atoms. The van der Waals surface area contributed by atoms with Gasteiger partial charge in [0.2, 0.25) is 0 Å². The molecule has 0 fully saturated rings. The number of fused-ring (bicyclic) bond motifs is 1. The maximum atomic E-state index is 10.9. The summed E-state index contributed by atoms with van der Waals surface area (Å²) >= 11 is 0. The average molecular weight is 151 g/mol. The van der Waals surface area contributed by atoms with Crippen molar-refractivity contribution in [2.45, 2.75) is 19.3 Å². The lowest BCUT2D eigenvalue weighted by molar-refractivity contribution is 0.469. The Kier molecular flexibility index (Phi) is 1.24. The van der Waals surface area contributed by atoms with Crippen molar-refractivity contribution in [2.75, 3.05) is 5.73 Å². The number of anilines is 1. The molecule has 1 aromatic rings. The molecule has 1 heterocycles. The van der Waals surface area contributed by atoms with Crippen LogP contribution in [0.3, 0.4) is 0 Å². The number of hydrogen-bond acceptors (Lipinski definition) is 3. The Labute approximate surface area is 63.8 Å². The van der Waals surface area contributed by atoms with E-state index < -0.39 is 5.63 Å². The van der Waals surface area contributed by atoms with Crippen LogP contribution in [0.4, 0.5) is 5.69 Å². The molecule has 2 rings (SSSR count). The van der Waals surface area contributed by atoms with Gasteiger partial charge in [-0.05, 0) is 24.5 Å². The third kappa shape index (κ3) is 0.926. The molecular formula is C8H9NO2. The molecule has 1 aliphatic rings. The standard InChI is InChI=1S/C8H9NO2/c9-6-4-5-2-1-3-7(5)11-8(6)10/h4H,1-3,9H2. The van der Waals surface area contributed by atoms with Gasteiger partial charge in [-0.25, -0.2) is 4.79 Å². The Bertz CT molecular complexity index is 340. The first-order valence-corrected chi connectivity index (χ1v) is 3.69. The molecule has 0 atom stereocenters. The maximum Gasteiger partial charge on any atom is 0.359 e. The van der Waals surface area contributed by atoms with E-state index >= 15 is 0 Å². The highest BCUT2D eigenvalue weighted by atomic mass is 16.4. The first-order valence-electron chi connectivity index (χ1n) is 3.69. The highest BCUT2D eigenvalue weighted by molar-refractivity contribution is 5.39. The first kappa shape index (κ1) is 6.46. The third-order valence-electron chi connectivity index (χ3n) is 1.99. The molecular weight excluding hydrogens is 142 g/mol. The lowest BCUT2D eigenvalue weighted by atomic mass is 10.2. The normalized spacial score (nSPS) is 14.9. The van der Waals surface area contributed by atoms with Crippen molar-refractivity contribution in [1.29, 1.82) is 0 Å². The highest BCUT2D eigenvalue weighted by Gasteiger charge is 2.14. The van der Waals surface area contributed by atoms with E-state index in [4.69, 9.17) is 10.2 Å². The largest absolute Gasteiger partial charge is 0.426 e. The summed E-state index contributed by atoms with van der Waals surface area (Å²) in [6.45, 7) is 0. The SMILES string of the molecule is Nc1cc2c(oc1=O)CCC2. The van der Waals surface area contributed by atoms with E-state index in [-0.39, 0.29) is 5.69 Å². The summed E-state index contributed by atoms with van der Waals surface area (Å²) in [4.78, 5) is 10.9. The van der Waals surface area contributed by atoms with Gasteiger partial charge >= 0.3 is 5.63 Å². The number of hydrogen-bond donors (Lipinski definition) is 1. The quantitative estimate of drug-likeness (QED) is 0.594. The number of aryl methyl sites for hydroxylation is 2. The minimum absolute atomic E-state index is 0.227. The summed E-state index contributed by atoms with van der Waals surface area (Å²) in [6, 6.07) is 1.73. The third-order valence-corrected chi connectivity index (χ3v) is 1.99. The number of rotatable bonds is 0. The molecule has 11 heavy (non-hydrogen) atoms. The molecule has 1 aromatic heterocycles. The molecule has 0 aliphatic heterocycles. The van der Waals surface area contributed by atoms with Gasteiger partial charge in [-0.3, -0.25) is 0 Å². The van der Waals surface area contributed by atoms with E-state index in [1.54, 1.807) is 6.07 Å². The lowest BCUT2D eigenvalue weighted by Gasteiger charge is -1.96. The van der Waals surface area contributed by atoms with Crippen LogP contribution in [0.1, 0.15) is 17.7 Å². The van der Waals surface area contributed by atoms with Crippen molar-refractivity contribution in [2.24, 2.45) is 0 Å². The molecule has 0 aromatic carbocycles. The van der Waals surface area contributed by atoms with E-state index in [2.05, 4.69) is 0 Å². The van der Waals surface area contributed by atoms with Crippen molar-refractivity contribution >= 4 is 5.69 Å². The highest BCUT2D eigenvalue weighted by Crippen LogP contribution is 2.20. The van der Waals surface area contributed by atoms with Gasteiger partial charge in [-0.1, -0.05) is 0 Å². The van der Waals surface area contributed by atoms with Crippen LogP contribution in [0.5, 0.6) is 0 Å². The fourth-order valence-corrected chi connectivity index (χ4v) is 1.43. The van der Waals surface area contributed by atoms with Gasteiger partial charge in [-0.15, -0.1) is 0 Å². The number of nitrogens with two attached hydrogens (primary N) is 1. The zero-order valence-electron chi connectivity index (χ0n) is 6.09. The van der Waals surface area contributed by atoms with Crippen LogP contribution in [-0.2, 0) is 12.8 Å². The zero-order valence-corrected chi connectivity index (χ0v) is 6.09. The smallest absolute Gasteiger partial charge is 0.359 e. The molecule has 1 aliphatic carbocycles. The van der Waals surface area contributed by atoms with Crippen molar-refractivity contribution in [3.8, 4) is 0 Å². The van der Waals surface area contributed by atoms with Gasteiger partial charge in [0.05, 0.1) is 0 Å². The number of nitrogen functional groups attached to an aromatic ring is 1. The van der Waals surface area contributed by atoms with Crippen molar-refractivity contribution < 1.29 is 4.42 Å². The molecule has 0 saturated heterocycles. The Morgan fingerprint density at radius 1 is 1.45 bits per heavy atom. The fraction of sp³-hybridized carbons (Fsp3) is 0.375. The van der Waals surface area contributed by atoms with E-state index in [1.807, 2.05) is 0 Å². The summed E-state index contributed by atoms with van der Waals surface area (Å²) in [5, 5.41) is 0. The van der Waals surface area contributed by atoms with Gasteiger partial charge in [-0.2, -0.15) is 0 Å². The lowest BCUT2D eigenvalue weighted by Crippen LogP contribution is -2.07. The predicted octanol–water partition coefficient (Wildman–Crippen LogP) is 0.711. The molecule has 0 radical (unpaired) electrons. The summed E-state index contributed by atoms with van der Waals surface area (Å²) in [5.74, 6) is 0.823. The van der Waals surface area contributed by atoms with Crippen LogP contribution in [-0.4, -0.2) is 0 Å². The molecule has 0 unspecified atom stereocenters. The first-order chi connectivity index (χ1) is 5.27. The Hall–Kier alpha value is -1.25. The monoisotopic (exact) mass is 151 g/mol. The summed E-state index contributed by atoms with van der Waals surface area (Å²) in [7, 11) is 0. The Balaban J connectivity index is 2.66. The molecule has 0 amide bonds. The molecule has 0 saturated carbocycles. The predicted molar refractivity (Wildman–Crippen MR) is 41.4 cm³/mol. The zero-order chi connectivity index (χ0) is 7.84. The summed E-state index contributed by atoms with van der Waals surface area (Å²) in [5.41, 5.74) is 6.32. The second-order valence-electron chi connectivity index (χ2n) is 2.79. The average Bonchev–Trinajstić information content (AvgIpc) is 2.36. The van der Waals surface area contributed by atoms with E-state index in [1.165, 1.54) is 0 Å². The minimum Gasteiger partial charge on any atom is -0.426 e. The topological polar surface area (TPSA) is 56.2 Å². The molecule has 3 heteroatoms. The van der Waals surface area contributed by atoms with Crippen molar-refractivity contribution in [1.82, 2.24) is 0 Å². The van der Waals surface area contributed by atoms with Crippen LogP contribution >= 0.6 is 0 Å². The second-order valence-corrected chi connectivity index (χ2v) is 2.79. The molecule has 0 spiro atoms. The molecule has 3 nitrogen and oxygen atoms in total. The Morgan fingerprint density at radius 3 is 3.09 bits per heavy atom. The molecule has 58 valence electrons. The van der Waals surface area contributed by atoms with E-state index in [9.17, 15) is 4.79 Å². The van der Waals surface area contributed by atoms with Crippen LogP contribution in [0, 0.1) is 0 Å². The Morgan fingerprint density at radius 2 is 2.27 bits per heavy atom. The van der Waals surface area contributed by atoms with Gasteiger partial charge in [0, 0.05) is 6.42 Å². The van der Waals surface area contributed by atoms with Crippen LogP contribution in [0.15, 0.2) is 15.3 Å². The van der Waals surface area contributed by atoms with Gasteiger partial charge in [0.1, 0.15) is 11.4 Å². The molecule has 2 N–H and O–H groups in total. The second kappa shape index (κ2) is 2.12. The van der Waals surface area contributed by atoms with Gasteiger partial charge < -0.3 is 10.2 Å². The summed E-state index contributed by atoms with van der Waals surface area (Å²) < 4.78 is 4.97. The van der Waals surface area contributed by atoms with Crippen LogP contribution < -0.4 is 11.4 Å². The van der Waals surface area contributed by atoms with Gasteiger partial charge in [0.15, 0.2) is 0 Å².